The summed E-state index contributed by atoms with van der Waals surface area (Å²) in [5.41, 5.74) is -0.286. The number of carbonyl (C=O) groups excluding carboxylic acids is 2. The molecule has 164 valence electrons. The summed E-state index contributed by atoms with van der Waals surface area (Å²) in [6.45, 7) is -0.108. The standard InChI is InChI=1S/C22H15ClF2N2O4S/c23-12-6-9-17-15(10-12)26-18(32-17)11-30-16-8-7-14(24)19(20(16)25)21(28)27-22(29)31-13-4-2-1-3-5-13/h2,4-10H,1,3,11H2,(H,27,28,29). The van der Waals surface area contributed by atoms with Crippen molar-refractivity contribution in [3.05, 3.63) is 81.5 Å². The van der Waals surface area contributed by atoms with Gasteiger partial charge in [0, 0.05) is 5.02 Å². The largest absolute Gasteiger partial charge is 0.483 e. The predicted octanol–water partition coefficient (Wildman–Crippen LogP) is 5.91. The van der Waals surface area contributed by atoms with Gasteiger partial charge in [-0.1, -0.05) is 17.7 Å². The lowest BCUT2D eigenvalue weighted by atomic mass is 10.1. The first kappa shape index (κ1) is 21.9. The summed E-state index contributed by atoms with van der Waals surface area (Å²) in [7, 11) is 0. The molecule has 6 nitrogen and oxygen atoms in total. The van der Waals surface area contributed by atoms with Gasteiger partial charge in [-0.05, 0) is 55.3 Å². The minimum absolute atomic E-state index is 0.108. The third-order valence-corrected chi connectivity index (χ3v) is 5.66. The van der Waals surface area contributed by atoms with Crippen LogP contribution in [-0.4, -0.2) is 17.0 Å². The van der Waals surface area contributed by atoms with Crippen LogP contribution in [0.1, 0.15) is 28.2 Å². The van der Waals surface area contributed by atoms with Crippen LogP contribution < -0.4 is 10.1 Å². The molecule has 0 fully saturated rings. The van der Waals surface area contributed by atoms with Crippen LogP contribution in [0.25, 0.3) is 10.2 Å². The second kappa shape index (κ2) is 9.46. The van der Waals surface area contributed by atoms with Crippen molar-refractivity contribution in [2.24, 2.45) is 0 Å². The van der Waals surface area contributed by atoms with Crippen molar-refractivity contribution < 1.29 is 27.8 Å². The summed E-state index contributed by atoms with van der Waals surface area (Å²) in [6.07, 6.45) is 5.36. The summed E-state index contributed by atoms with van der Waals surface area (Å²) in [5, 5.41) is 2.88. The molecule has 1 heterocycles. The van der Waals surface area contributed by atoms with Crippen LogP contribution in [-0.2, 0) is 11.3 Å². The van der Waals surface area contributed by atoms with Crippen LogP contribution in [0.3, 0.4) is 0 Å². The number of rotatable bonds is 5. The van der Waals surface area contributed by atoms with Gasteiger partial charge in [-0.25, -0.2) is 18.6 Å². The number of aromatic nitrogens is 1. The molecule has 32 heavy (non-hydrogen) atoms. The quantitative estimate of drug-likeness (QED) is 0.495. The van der Waals surface area contributed by atoms with E-state index in [9.17, 15) is 18.4 Å². The molecular formula is C22H15ClF2N2O4S. The van der Waals surface area contributed by atoms with Gasteiger partial charge in [-0.3, -0.25) is 10.1 Å². The van der Waals surface area contributed by atoms with Crippen LogP contribution in [0.4, 0.5) is 13.6 Å². The maximum absolute atomic E-state index is 14.8. The fourth-order valence-corrected chi connectivity index (χ4v) is 3.98. The number of alkyl carbamates (subject to hydrolysis) is 1. The van der Waals surface area contributed by atoms with Crippen molar-refractivity contribution in [3.8, 4) is 5.75 Å². The van der Waals surface area contributed by atoms with E-state index >= 15 is 0 Å². The third kappa shape index (κ3) is 4.95. The van der Waals surface area contributed by atoms with Gasteiger partial charge >= 0.3 is 6.09 Å². The molecule has 1 aliphatic rings. The average Bonchev–Trinajstić information content (AvgIpc) is 3.15. The molecule has 1 N–H and O–H groups in total. The van der Waals surface area contributed by atoms with Crippen LogP contribution in [0.2, 0.25) is 5.02 Å². The van der Waals surface area contributed by atoms with Gasteiger partial charge in [0.1, 0.15) is 28.8 Å². The SMILES string of the molecule is O=C(NC(=O)c1c(F)ccc(OCc2nc3cc(Cl)ccc3s2)c1F)OC1=CCCC=C1. The summed E-state index contributed by atoms with van der Waals surface area (Å²) in [5.74, 6) is -3.79. The molecule has 0 unspecified atom stereocenters. The van der Waals surface area contributed by atoms with Gasteiger partial charge in [-0.2, -0.15) is 0 Å². The van der Waals surface area contributed by atoms with Gasteiger partial charge in [0.05, 0.1) is 10.2 Å². The normalized spacial score (nSPS) is 13.0. The maximum atomic E-state index is 14.8. The second-order valence-electron chi connectivity index (χ2n) is 6.67. The Bertz CT molecular complexity index is 1270. The summed E-state index contributed by atoms with van der Waals surface area (Å²) < 4.78 is 40.2. The average molecular weight is 477 g/mol. The van der Waals surface area contributed by atoms with E-state index < -0.39 is 29.2 Å². The molecule has 0 bridgehead atoms. The number of nitrogens with one attached hydrogen (secondary N) is 1. The van der Waals surface area contributed by atoms with Gasteiger partial charge < -0.3 is 9.47 Å². The highest BCUT2D eigenvalue weighted by Gasteiger charge is 2.24. The molecule has 2 amide bonds. The summed E-state index contributed by atoms with van der Waals surface area (Å²) in [4.78, 5) is 28.6. The number of allylic oxidation sites excluding steroid dienone is 3. The Kier molecular flexibility index (Phi) is 6.48. The van der Waals surface area contributed by atoms with Crippen molar-refractivity contribution in [1.82, 2.24) is 10.3 Å². The maximum Gasteiger partial charge on any atom is 0.419 e. The van der Waals surface area contributed by atoms with E-state index in [1.807, 2.05) is 5.32 Å². The monoisotopic (exact) mass is 476 g/mol. The zero-order chi connectivity index (χ0) is 22.7. The topological polar surface area (TPSA) is 77.5 Å². The number of amides is 2. The number of thiazole rings is 1. The summed E-state index contributed by atoms with van der Waals surface area (Å²) >= 11 is 7.27. The number of hydrogen-bond acceptors (Lipinski definition) is 6. The zero-order valence-corrected chi connectivity index (χ0v) is 17.9. The summed E-state index contributed by atoms with van der Waals surface area (Å²) in [6, 6.07) is 7.15. The van der Waals surface area contributed by atoms with Crippen LogP contribution in [0.15, 0.2) is 54.3 Å². The molecule has 0 radical (unpaired) electrons. The van der Waals surface area contributed by atoms with Crippen LogP contribution >= 0.6 is 22.9 Å². The van der Waals surface area contributed by atoms with E-state index in [4.69, 9.17) is 21.1 Å². The van der Waals surface area contributed by atoms with E-state index in [-0.39, 0.29) is 18.1 Å². The highest BCUT2D eigenvalue weighted by atomic mass is 35.5. The molecule has 1 aromatic heterocycles. The van der Waals surface area contributed by atoms with Gasteiger partial charge in [0.25, 0.3) is 5.91 Å². The Morgan fingerprint density at radius 3 is 2.81 bits per heavy atom. The highest BCUT2D eigenvalue weighted by molar-refractivity contribution is 7.18. The first-order valence-corrected chi connectivity index (χ1v) is 10.7. The van der Waals surface area contributed by atoms with E-state index in [1.165, 1.54) is 11.3 Å². The van der Waals surface area contributed by atoms with Gasteiger partial charge in [0.15, 0.2) is 11.6 Å². The molecule has 4 rings (SSSR count). The van der Waals surface area contributed by atoms with E-state index in [1.54, 1.807) is 36.4 Å². The van der Waals surface area contributed by atoms with Crippen molar-refractivity contribution >= 4 is 45.2 Å². The number of benzene rings is 2. The Hall–Kier alpha value is -3.30. The number of ether oxygens (including phenoxy) is 2. The fraction of sp³-hybridized carbons (Fsp3) is 0.136. The van der Waals surface area contributed by atoms with Crippen molar-refractivity contribution in [2.45, 2.75) is 19.4 Å². The lowest BCUT2D eigenvalue weighted by Gasteiger charge is -2.11. The molecule has 2 aromatic carbocycles. The number of halogens is 3. The van der Waals surface area contributed by atoms with Crippen molar-refractivity contribution in [3.63, 3.8) is 0 Å². The molecule has 0 aliphatic heterocycles. The Balaban J connectivity index is 1.46. The van der Waals surface area contributed by atoms with E-state index in [0.717, 1.165) is 23.3 Å². The Morgan fingerprint density at radius 1 is 1.19 bits per heavy atom. The lowest BCUT2D eigenvalue weighted by molar-refractivity contribution is 0.0932. The van der Waals surface area contributed by atoms with Crippen molar-refractivity contribution in [1.29, 1.82) is 0 Å². The minimum Gasteiger partial charge on any atom is -0.483 e. The van der Waals surface area contributed by atoms with E-state index in [2.05, 4.69) is 4.98 Å². The van der Waals surface area contributed by atoms with Gasteiger partial charge in [0.2, 0.25) is 0 Å². The molecule has 0 atom stereocenters. The Morgan fingerprint density at radius 2 is 2.03 bits per heavy atom. The molecule has 0 saturated carbocycles. The zero-order valence-electron chi connectivity index (χ0n) is 16.4. The number of hydrogen-bond donors (Lipinski definition) is 1. The molecular weight excluding hydrogens is 462 g/mol. The third-order valence-electron chi connectivity index (χ3n) is 4.41. The van der Waals surface area contributed by atoms with Crippen LogP contribution in [0, 0.1) is 11.6 Å². The van der Waals surface area contributed by atoms with Crippen molar-refractivity contribution in [2.75, 3.05) is 0 Å². The molecule has 10 heteroatoms. The number of fused-ring (bicyclic) bond motifs is 1. The second-order valence-corrected chi connectivity index (χ2v) is 8.22. The van der Waals surface area contributed by atoms with Gasteiger partial charge in [-0.15, -0.1) is 11.3 Å². The minimum atomic E-state index is -1.29. The molecule has 0 spiro atoms. The predicted molar refractivity (Wildman–Crippen MR) is 116 cm³/mol. The Labute approximate surface area is 190 Å². The first-order chi connectivity index (χ1) is 15.4. The van der Waals surface area contributed by atoms with E-state index in [0.29, 0.717) is 22.0 Å². The number of nitrogens with zero attached hydrogens (tertiary/aromatic N) is 1. The highest BCUT2D eigenvalue weighted by Crippen LogP contribution is 2.28. The molecule has 0 saturated heterocycles. The fourth-order valence-electron chi connectivity index (χ4n) is 2.96. The number of carbonyl (C=O) groups is 2. The molecule has 3 aromatic rings. The first-order valence-electron chi connectivity index (χ1n) is 9.46. The lowest BCUT2D eigenvalue weighted by Crippen LogP contribution is -2.32. The smallest absolute Gasteiger partial charge is 0.419 e. The van der Waals surface area contributed by atoms with Crippen LogP contribution in [0.5, 0.6) is 5.75 Å². The molecule has 1 aliphatic carbocycles. The number of imide groups is 1.